The standard InChI is InChI=1S/C10H10F6N2O/c11-9(12,13)5-1-4(17)2-6(10(14,15)16)8(5)7(18)3-19/h1-2,7,19H,3,17-18H2/t7-/m0/s1. The minimum atomic E-state index is -5.06. The molecule has 0 unspecified atom stereocenters. The smallest absolute Gasteiger partial charge is 0.399 e. The van der Waals surface area contributed by atoms with Crippen molar-refractivity contribution in [2.45, 2.75) is 18.4 Å². The predicted molar refractivity (Wildman–Crippen MR) is 54.9 cm³/mol. The van der Waals surface area contributed by atoms with Crippen molar-refractivity contribution in [2.24, 2.45) is 5.73 Å². The van der Waals surface area contributed by atoms with Crippen LogP contribution in [0.2, 0.25) is 0 Å². The van der Waals surface area contributed by atoms with E-state index in [1.807, 2.05) is 0 Å². The van der Waals surface area contributed by atoms with Crippen molar-refractivity contribution >= 4 is 5.69 Å². The molecule has 5 N–H and O–H groups in total. The predicted octanol–water partition coefficient (Wildman–Crippen LogP) is 2.30. The van der Waals surface area contributed by atoms with Crippen molar-refractivity contribution in [3.63, 3.8) is 0 Å². The van der Waals surface area contributed by atoms with E-state index in [2.05, 4.69) is 0 Å². The van der Waals surface area contributed by atoms with E-state index in [0.717, 1.165) is 0 Å². The van der Waals surface area contributed by atoms with Crippen LogP contribution in [0.1, 0.15) is 22.7 Å². The van der Waals surface area contributed by atoms with Crippen molar-refractivity contribution in [2.75, 3.05) is 12.3 Å². The van der Waals surface area contributed by atoms with Crippen molar-refractivity contribution < 1.29 is 31.4 Å². The highest BCUT2D eigenvalue weighted by Crippen LogP contribution is 2.42. The summed E-state index contributed by atoms with van der Waals surface area (Å²) in [7, 11) is 0. The minimum absolute atomic E-state index is 0.361. The molecule has 0 aliphatic carbocycles. The Kier molecular flexibility index (Phi) is 4.01. The fraction of sp³-hybridized carbons (Fsp3) is 0.400. The first-order chi connectivity index (χ1) is 8.48. The Morgan fingerprint density at radius 2 is 1.37 bits per heavy atom. The monoisotopic (exact) mass is 288 g/mol. The number of aliphatic hydroxyl groups excluding tert-OH is 1. The lowest BCUT2D eigenvalue weighted by Crippen LogP contribution is -2.25. The highest BCUT2D eigenvalue weighted by Gasteiger charge is 2.42. The minimum Gasteiger partial charge on any atom is -0.399 e. The first-order valence-corrected chi connectivity index (χ1v) is 4.92. The van der Waals surface area contributed by atoms with E-state index in [9.17, 15) is 26.3 Å². The van der Waals surface area contributed by atoms with Crippen LogP contribution in [-0.4, -0.2) is 11.7 Å². The van der Waals surface area contributed by atoms with Gasteiger partial charge in [-0.2, -0.15) is 26.3 Å². The first-order valence-electron chi connectivity index (χ1n) is 4.92. The zero-order chi connectivity index (χ0) is 15.0. The number of anilines is 1. The molecular formula is C10H10F6N2O. The van der Waals surface area contributed by atoms with Gasteiger partial charge in [-0.05, 0) is 17.7 Å². The molecule has 0 heterocycles. The average Bonchev–Trinajstić information content (AvgIpc) is 2.24. The molecule has 0 aromatic heterocycles. The molecule has 0 amide bonds. The maximum atomic E-state index is 12.7. The SMILES string of the molecule is Nc1cc(C(F)(F)F)c([C@@H](N)CO)c(C(F)(F)F)c1. The van der Waals surface area contributed by atoms with Crippen LogP contribution in [0.25, 0.3) is 0 Å². The summed E-state index contributed by atoms with van der Waals surface area (Å²) in [5.74, 6) is 0. The molecule has 0 spiro atoms. The maximum Gasteiger partial charge on any atom is 0.416 e. The fourth-order valence-corrected chi connectivity index (χ4v) is 1.64. The molecule has 108 valence electrons. The number of halogens is 6. The van der Waals surface area contributed by atoms with E-state index in [-0.39, 0.29) is 0 Å². The molecular weight excluding hydrogens is 278 g/mol. The molecule has 0 fully saturated rings. The van der Waals surface area contributed by atoms with Crippen molar-refractivity contribution in [3.05, 3.63) is 28.8 Å². The van der Waals surface area contributed by atoms with Crippen molar-refractivity contribution in [1.82, 2.24) is 0 Å². The van der Waals surface area contributed by atoms with Gasteiger partial charge in [-0.1, -0.05) is 0 Å². The largest absolute Gasteiger partial charge is 0.416 e. The lowest BCUT2D eigenvalue weighted by Gasteiger charge is -2.22. The van der Waals surface area contributed by atoms with Crippen LogP contribution in [0, 0.1) is 0 Å². The summed E-state index contributed by atoms with van der Waals surface area (Å²) in [6, 6.07) is -1.09. The van der Waals surface area contributed by atoms with Gasteiger partial charge >= 0.3 is 12.4 Å². The second-order valence-electron chi connectivity index (χ2n) is 3.81. The van der Waals surface area contributed by atoms with E-state index in [4.69, 9.17) is 16.6 Å². The van der Waals surface area contributed by atoms with Gasteiger partial charge in [-0.25, -0.2) is 0 Å². The molecule has 9 heteroatoms. The molecule has 1 aromatic rings. The van der Waals surface area contributed by atoms with Gasteiger partial charge < -0.3 is 16.6 Å². The summed E-state index contributed by atoms with van der Waals surface area (Å²) in [6.45, 7) is -1.06. The lowest BCUT2D eigenvalue weighted by atomic mass is 9.93. The molecule has 1 aromatic carbocycles. The van der Waals surface area contributed by atoms with Crippen LogP contribution in [-0.2, 0) is 12.4 Å². The van der Waals surface area contributed by atoms with Gasteiger partial charge in [0.15, 0.2) is 0 Å². The molecule has 0 aliphatic rings. The topological polar surface area (TPSA) is 72.3 Å². The van der Waals surface area contributed by atoms with E-state index >= 15 is 0 Å². The summed E-state index contributed by atoms with van der Waals surface area (Å²) >= 11 is 0. The van der Waals surface area contributed by atoms with Crippen molar-refractivity contribution in [3.8, 4) is 0 Å². The fourth-order valence-electron chi connectivity index (χ4n) is 1.64. The van der Waals surface area contributed by atoms with Gasteiger partial charge in [0.05, 0.1) is 23.8 Å². The Morgan fingerprint density at radius 1 is 1.00 bits per heavy atom. The third-order valence-corrected chi connectivity index (χ3v) is 2.38. The summed E-state index contributed by atoms with van der Waals surface area (Å²) < 4.78 is 76.4. The number of aliphatic hydroxyl groups is 1. The number of hydrogen-bond donors (Lipinski definition) is 3. The van der Waals surface area contributed by atoms with Gasteiger partial charge in [0.2, 0.25) is 0 Å². The van der Waals surface area contributed by atoms with Crippen LogP contribution in [0.4, 0.5) is 32.0 Å². The molecule has 0 radical (unpaired) electrons. The zero-order valence-corrected chi connectivity index (χ0v) is 9.31. The lowest BCUT2D eigenvalue weighted by molar-refractivity contribution is -0.144. The number of hydrogen-bond acceptors (Lipinski definition) is 3. The Balaban J connectivity index is 3.69. The first kappa shape index (κ1) is 15.6. The summed E-state index contributed by atoms with van der Waals surface area (Å²) in [5.41, 5.74) is 5.12. The number of nitrogens with two attached hydrogens (primary N) is 2. The van der Waals surface area contributed by atoms with Crippen LogP contribution in [0.3, 0.4) is 0 Å². The normalized spacial score (nSPS) is 14.5. The summed E-state index contributed by atoms with van der Waals surface area (Å²) in [5, 5.41) is 8.75. The van der Waals surface area contributed by atoms with E-state index in [1.54, 1.807) is 0 Å². The van der Waals surface area contributed by atoms with Gasteiger partial charge in [0.1, 0.15) is 0 Å². The second-order valence-corrected chi connectivity index (χ2v) is 3.81. The van der Waals surface area contributed by atoms with Gasteiger partial charge in [-0.15, -0.1) is 0 Å². The molecule has 3 nitrogen and oxygen atoms in total. The molecule has 0 saturated heterocycles. The number of benzene rings is 1. The molecule has 1 atom stereocenters. The molecule has 0 bridgehead atoms. The van der Waals surface area contributed by atoms with E-state index in [1.165, 1.54) is 0 Å². The van der Waals surface area contributed by atoms with Gasteiger partial charge in [0, 0.05) is 5.69 Å². The third-order valence-electron chi connectivity index (χ3n) is 2.38. The molecule has 0 aliphatic heterocycles. The molecule has 0 saturated carbocycles. The van der Waals surface area contributed by atoms with Crippen LogP contribution in [0.5, 0.6) is 0 Å². The Hall–Kier alpha value is -1.48. The average molecular weight is 288 g/mol. The Labute approximate surface area is 103 Å². The zero-order valence-electron chi connectivity index (χ0n) is 9.31. The summed E-state index contributed by atoms with van der Waals surface area (Å²) in [4.78, 5) is 0. The van der Waals surface area contributed by atoms with Crippen LogP contribution < -0.4 is 11.5 Å². The quantitative estimate of drug-likeness (QED) is 0.577. The highest BCUT2D eigenvalue weighted by atomic mass is 19.4. The number of alkyl halides is 6. The molecule has 1 rings (SSSR count). The van der Waals surface area contributed by atoms with Crippen LogP contribution >= 0.6 is 0 Å². The van der Waals surface area contributed by atoms with Crippen molar-refractivity contribution in [1.29, 1.82) is 0 Å². The van der Waals surface area contributed by atoms with E-state index in [0.29, 0.717) is 12.1 Å². The second kappa shape index (κ2) is 4.89. The molecule has 19 heavy (non-hydrogen) atoms. The van der Waals surface area contributed by atoms with Gasteiger partial charge in [-0.3, -0.25) is 0 Å². The number of nitrogen functional groups attached to an aromatic ring is 1. The van der Waals surface area contributed by atoms with Gasteiger partial charge in [0.25, 0.3) is 0 Å². The Morgan fingerprint density at radius 3 is 1.63 bits per heavy atom. The summed E-state index contributed by atoms with van der Waals surface area (Å²) in [6.07, 6.45) is -10.1. The maximum absolute atomic E-state index is 12.7. The Bertz CT molecular complexity index is 433. The third kappa shape index (κ3) is 3.29. The number of rotatable bonds is 2. The van der Waals surface area contributed by atoms with E-state index < -0.39 is 47.4 Å². The van der Waals surface area contributed by atoms with Crippen LogP contribution in [0.15, 0.2) is 12.1 Å². The highest BCUT2D eigenvalue weighted by molar-refractivity contribution is 5.53.